The van der Waals surface area contributed by atoms with Crippen molar-refractivity contribution in [3.63, 3.8) is 0 Å². The molecule has 0 unspecified atom stereocenters. The summed E-state index contributed by atoms with van der Waals surface area (Å²) in [7, 11) is 0. The second kappa shape index (κ2) is 7.18. The summed E-state index contributed by atoms with van der Waals surface area (Å²) in [5.74, 6) is -1.59. The lowest BCUT2D eigenvalue weighted by atomic mass is 10.1. The number of hydrazone groups is 1. The van der Waals surface area contributed by atoms with E-state index in [9.17, 15) is 19.1 Å². The van der Waals surface area contributed by atoms with Gasteiger partial charge in [-0.25, -0.2) is 9.82 Å². The molecular formula is C19H16FN3O3. The van der Waals surface area contributed by atoms with E-state index in [1.807, 2.05) is 0 Å². The minimum atomic E-state index is -0.821. The summed E-state index contributed by atoms with van der Waals surface area (Å²) >= 11 is 0. The first-order chi connectivity index (χ1) is 12.5. The molecule has 3 aromatic rings. The van der Waals surface area contributed by atoms with Crippen LogP contribution in [0, 0.1) is 5.82 Å². The highest BCUT2D eigenvalue weighted by Crippen LogP contribution is 2.26. The third-order valence-electron chi connectivity index (χ3n) is 3.94. The fourth-order valence-electron chi connectivity index (χ4n) is 2.68. The van der Waals surface area contributed by atoms with Crippen molar-refractivity contribution in [2.24, 2.45) is 5.10 Å². The van der Waals surface area contributed by atoms with Crippen LogP contribution in [0.3, 0.4) is 0 Å². The summed E-state index contributed by atoms with van der Waals surface area (Å²) in [6, 6.07) is 12.3. The van der Waals surface area contributed by atoms with Gasteiger partial charge < -0.3 is 9.67 Å². The maximum Gasteiger partial charge on any atom is 0.280 e. The number of fused-ring (bicyclic) bond motifs is 1. The molecule has 132 valence electrons. The fraction of sp³-hybridized carbons (Fsp3) is 0.105. The highest BCUT2D eigenvalue weighted by Gasteiger charge is 2.21. The zero-order chi connectivity index (χ0) is 18.7. The molecule has 0 saturated heterocycles. The molecule has 3 rings (SSSR count). The van der Waals surface area contributed by atoms with Gasteiger partial charge in [0, 0.05) is 11.9 Å². The number of aromatic nitrogens is 1. The van der Waals surface area contributed by atoms with Crippen molar-refractivity contribution in [1.82, 2.24) is 9.99 Å². The van der Waals surface area contributed by atoms with Crippen LogP contribution in [0.4, 0.5) is 4.39 Å². The Hall–Kier alpha value is -3.48. The summed E-state index contributed by atoms with van der Waals surface area (Å²) in [6.45, 7) is 2.12. The van der Waals surface area contributed by atoms with E-state index in [-0.39, 0.29) is 17.1 Å². The highest BCUT2D eigenvalue weighted by molar-refractivity contribution is 6.02. The number of halogens is 1. The van der Waals surface area contributed by atoms with Crippen LogP contribution in [0.15, 0.2) is 58.4 Å². The van der Waals surface area contributed by atoms with Crippen molar-refractivity contribution in [3.05, 3.63) is 75.8 Å². The minimum absolute atomic E-state index is 0.346. The zero-order valence-electron chi connectivity index (χ0n) is 13.9. The predicted molar refractivity (Wildman–Crippen MR) is 97.0 cm³/mol. The Bertz CT molecular complexity index is 1060. The van der Waals surface area contributed by atoms with E-state index >= 15 is 0 Å². The zero-order valence-corrected chi connectivity index (χ0v) is 13.9. The van der Waals surface area contributed by atoms with E-state index in [1.165, 1.54) is 35.0 Å². The van der Waals surface area contributed by atoms with Crippen LogP contribution in [0.5, 0.6) is 5.75 Å². The third-order valence-corrected chi connectivity index (χ3v) is 3.94. The van der Waals surface area contributed by atoms with Gasteiger partial charge in [0.2, 0.25) is 0 Å². The average molecular weight is 353 g/mol. The molecule has 0 radical (unpaired) electrons. The van der Waals surface area contributed by atoms with Gasteiger partial charge in [-0.05, 0) is 36.8 Å². The molecule has 6 nitrogen and oxygen atoms in total. The largest absolute Gasteiger partial charge is 0.506 e. The number of benzene rings is 2. The first-order valence-corrected chi connectivity index (χ1v) is 7.96. The molecule has 2 aromatic carbocycles. The van der Waals surface area contributed by atoms with E-state index in [4.69, 9.17) is 0 Å². The van der Waals surface area contributed by atoms with Crippen molar-refractivity contribution >= 4 is 23.0 Å². The Kier molecular flexibility index (Phi) is 4.79. The highest BCUT2D eigenvalue weighted by atomic mass is 19.1. The summed E-state index contributed by atoms with van der Waals surface area (Å²) in [5, 5.41) is 14.6. The number of aryl methyl sites for hydroxylation is 1. The minimum Gasteiger partial charge on any atom is -0.506 e. The maximum absolute atomic E-state index is 12.9. The molecular weight excluding hydrogens is 337 g/mol. The Morgan fingerprint density at radius 3 is 2.62 bits per heavy atom. The molecule has 0 spiro atoms. The summed E-state index contributed by atoms with van der Waals surface area (Å²) in [4.78, 5) is 25.0. The van der Waals surface area contributed by atoms with Crippen LogP contribution in [0.25, 0.3) is 10.9 Å². The normalized spacial score (nSPS) is 11.2. The van der Waals surface area contributed by atoms with Crippen molar-refractivity contribution in [2.75, 3.05) is 0 Å². The third kappa shape index (κ3) is 3.19. The standard InChI is InChI=1S/C19H16FN3O3/c1-2-23-15-6-4-3-5-14(15)17(24)16(19(23)26)18(25)22-21-11-12-7-9-13(20)10-8-12/h3-11,24H,2H2,1H3,(H,22,25). The fourth-order valence-corrected chi connectivity index (χ4v) is 2.68. The topological polar surface area (TPSA) is 83.7 Å². The smallest absolute Gasteiger partial charge is 0.280 e. The Labute approximate surface area is 148 Å². The van der Waals surface area contributed by atoms with E-state index < -0.39 is 11.5 Å². The number of hydrogen-bond acceptors (Lipinski definition) is 4. The van der Waals surface area contributed by atoms with Crippen LogP contribution in [-0.4, -0.2) is 21.8 Å². The van der Waals surface area contributed by atoms with Gasteiger partial charge in [-0.1, -0.05) is 24.3 Å². The SMILES string of the molecule is CCn1c(=O)c(C(=O)NN=Cc2ccc(F)cc2)c(O)c2ccccc21. The molecule has 0 saturated carbocycles. The Morgan fingerprint density at radius 1 is 1.23 bits per heavy atom. The lowest BCUT2D eigenvalue weighted by Gasteiger charge is -2.12. The van der Waals surface area contributed by atoms with E-state index in [0.717, 1.165) is 0 Å². The number of para-hydroxylation sites is 1. The summed E-state index contributed by atoms with van der Waals surface area (Å²) in [5.41, 5.74) is 2.37. The van der Waals surface area contributed by atoms with Gasteiger partial charge >= 0.3 is 0 Å². The average Bonchev–Trinajstić information content (AvgIpc) is 2.64. The molecule has 1 heterocycles. The molecule has 0 aliphatic heterocycles. The van der Waals surface area contributed by atoms with Crippen molar-refractivity contribution in [3.8, 4) is 5.75 Å². The van der Waals surface area contributed by atoms with Crippen molar-refractivity contribution in [1.29, 1.82) is 0 Å². The number of carbonyl (C=O) groups excluding carboxylic acids is 1. The number of amides is 1. The Morgan fingerprint density at radius 2 is 1.92 bits per heavy atom. The second-order valence-electron chi connectivity index (χ2n) is 5.54. The maximum atomic E-state index is 12.9. The molecule has 0 aliphatic carbocycles. The lowest BCUT2D eigenvalue weighted by Crippen LogP contribution is -2.31. The van der Waals surface area contributed by atoms with Gasteiger partial charge in [0.15, 0.2) is 0 Å². The number of carbonyl (C=O) groups is 1. The first kappa shape index (κ1) is 17.3. The van der Waals surface area contributed by atoms with Crippen LogP contribution in [0.2, 0.25) is 0 Å². The molecule has 2 N–H and O–H groups in total. The molecule has 7 heteroatoms. The van der Waals surface area contributed by atoms with E-state index in [0.29, 0.717) is 23.0 Å². The van der Waals surface area contributed by atoms with Gasteiger partial charge in [-0.3, -0.25) is 9.59 Å². The molecule has 1 aromatic heterocycles. The summed E-state index contributed by atoms with van der Waals surface area (Å²) in [6.07, 6.45) is 1.31. The Balaban J connectivity index is 1.95. The molecule has 0 bridgehead atoms. The number of rotatable bonds is 4. The second-order valence-corrected chi connectivity index (χ2v) is 5.54. The van der Waals surface area contributed by atoms with E-state index in [2.05, 4.69) is 10.5 Å². The molecule has 26 heavy (non-hydrogen) atoms. The van der Waals surface area contributed by atoms with Crippen LogP contribution >= 0.6 is 0 Å². The molecule has 1 amide bonds. The number of pyridine rings is 1. The van der Waals surface area contributed by atoms with Gasteiger partial charge in [-0.2, -0.15) is 5.10 Å². The quantitative estimate of drug-likeness (QED) is 0.559. The van der Waals surface area contributed by atoms with Gasteiger partial charge in [0.25, 0.3) is 11.5 Å². The van der Waals surface area contributed by atoms with E-state index in [1.54, 1.807) is 31.2 Å². The number of nitrogens with one attached hydrogen (secondary N) is 1. The van der Waals surface area contributed by atoms with Crippen LogP contribution < -0.4 is 11.0 Å². The number of hydrogen-bond donors (Lipinski definition) is 2. The number of aromatic hydroxyl groups is 1. The van der Waals surface area contributed by atoms with Gasteiger partial charge in [0.05, 0.1) is 11.7 Å². The predicted octanol–water partition coefficient (Wildman–Crippen LogP) is 2.63. The van der Waals surface area contributed by atoms with Crippen molar-refractivity contribution in [2.45, 2.75) is 13.5 Å². The van der Waals surface area contributed by atoms with Crippen LogP contribution in [0.1, 0.15) is 22.8 Å². The van der Waals surface area contributed by atoms with Gasteiger partial charge in [0.1, 0.15) is 17.1 Å². The number of nitrogens with zero attached hydrogens (tertiary/aromatic N) is 2. The molecule has 0 aliphatic rings. The van der Waals surface area contributed by atoms with Gasteiger partial charge in [-0.15, -0.1) is 0 Å². The monoisotopic (exact) mass is 353 g/mol. The van der Waals surface area contributed by atoms with Crippen LogP contribution in [-0.2, 0) is 6.54 Å². The van der Waals surface area contributed by atoms with Crippen molar-refractivity contribution < 1.29 is 14.3 Å². The first-order valence-electron chi connectivity index (χ1n) is 7.96. The summed E-state index contributed by atoms with van der Waals surface area (Å²) < 4.78 is 14.3. The molecule has 0 atom stereocenters. The lowest BCUT2D eigenvalue weighted by molar-refractivity contribution is 0.0950. The molecule has 0 fully saturated rings.